The Bertz CT molecular complexity index is 4500. The SMILES string of the molecule is COCCN(CCN(CCOC)C(=O)Oc1cc2c(c3ccccc13)[C@H](CCl)CN2C(=O)c1ccc(C(=O)N2C[C@@H](CCl)c3c2cc(OP(=O)(O)O)c2ccccc32)s1)C(=O)OCc1ccc(N(CCC[C@H](NC(=O)[C@@H](NC(=O)CCOCCOCCOCCOCCOCCOCCN2C(=O)C=CC2=O)C(C)C)C(N)=O)C(N)=O)cc1. The minimum Gasteiger partial charge on any atom is -0.445 e. The van der Waals surface area contributed by atoms with Gasteiger partial charge in [0.15, 0.2) is 0 Å². The lowest BCUT2D eigenvalue weighted by Gasteiger charge is -2.27. The lowest BCUT2D eigenvalue weighted by Crippen LogP contribution is -2.55. The third-order valence-electron chi connectivity index (χ3n) is 19.2. The lowest BCUT2D eigenvalue weighted by atomic mass is 9.95. The van der Waals surface area contributed by atoms with Gasteiger partial charge in [0, 0.05) is 131 Å². The molecule has 0 saturated heterocycles. The Morgan fingerprint density at radius 2 is 1.06 bits per heavy atom. The summed E-state index contributed by atoms with van der Waals surface area (Å²) in [6.07, 6.45) is 0.998. The fourth-order valence-electron chi connectivity index (χ4n) is 13.3. The summed E-state index contributed by atoms with van der Waals surface area (Å²) in [6, 6.07) is 23.7. The van der Waals surface area contributed by atoms with Crippen LogP contribution < -0.4 is 46.1 Å². The second kappa shape index (κ2) is 45.5. The van der Waals surface area contributed by atoms with Gasteiger partial charge in [0.25, 0.3) is 23.6 Å². The van der Waals surface area contributed by atoms with Crippen LogP contribution in [0.2, 0.25) is 0 Å². The maximum absolute atomic E-state index is 14.9. The van der Waals surface area contributed by atoms with Crippen LogP contribution in [0, 0.1) is 5.92 Å². The van der Waals surface area contributed by atoms with Crippen LogP contribution in [0.15, 0.2) is 109 Å². The van der Waals surface area contributed by atoms with E-state index in [0.717, 1.165) is 21.8 Å². The fraction of sp³-hybridized carbons (Fsp3) is 0.468. The topological polar surface area (TPSA) is 425 Å². The monoisotopic (exact) mass is 1700 g/mol. The van der Waals surface area contributed by atoms with Crippen molar-refractivity contribution < 1.29 is 114 Å². The first-order chi connectivity index (χ1) is 56.3. The molecular weight excluding hydrogens is 1610 g/mol. The minimum atomic E-state index is -5.03. The van der Waals surface area contributed by atoms with Crippen molar-refractivity contribution in [2.45, 2.75) is 63.6 Å². The molecular formula is C79H99Cl2N10O24PS. The van der Waals surface area contributed by atoms with Gasteiger partial charge in [-0.15, -0.1) is 34.5 Å². The molecule has 3 aliphatic rings. The number of halogens is 2. The highest BCUT2D eigenvalue weighted by Gasteiger charge is 2.40. The predicted octanol–water partition coefficient (Wildman–Crippen LogP) is 7.41. The number of nitrogens with one attached hydrogen (secondary N) is 2. The fourth-order valence-corrected chi connectivity index (χ4v) is 15.1. The molecule has 38 heteroatoms. The van der Waals surface area contributed by atoms with Crippen molar-refractivity contribution in [3.8, 4) is 11.5 Å². The van der Waals surface area contributed by atoms with Gasteiger partial charge in [0.1, 0.15) is 30.2 Å². The molecule has 3 aliphatic heterocycles. The largest absolute Gasteiger partial charge is 0.524 e. The van der Waals surface area contributed by atoms with E-state index in [1.807, 2.05) is 12.1 Å². The van der Waals surface area contributed by atoms with Crippen LogP contribution >= 0.6 is 42.4 Å². The summed E-state index contributed by atoms with van der Waals surface area (Å²) in [6.45, 7) is 7.29. The maximum Gasteiger partial charge on any atom is 0.524 e. The number of nitrogens with zero attached hydrogens (tertiary/aromatic N) is 6. The van der Waals surface area contributed by atoms with E-state index >= 15 is 0 Å². The molecule has 0 spiro atoms. The molecule has 0 saturated carbocycles. The van der Waals surface area contributed by atoms with E-state index in [9.17, 15) is 62.3 Å². The number of thiophene rings is 1. The molecule has 0 aliphatic carbocycles. The summed E-state index contributed by atoms with van der Waals surface area (Å²) in [5, 5.41) is 7.62. The number of benzene rings is 5. The Morgan fingerprint density at radius 3 is 1.53 bits per heavy atom. The van der Waals surface area contributed by atoms with Crippen LogP contribution in [-0.2, 0) is 77.8 Å². The molecule has 634 valence electrons. The number of carbonyl (C=O) groups excluding carboxylic acids is 10. The lowest BCUT2D eigenvalue weighted by molar-refractivity contribution is -0.137. The van der Waals surface area contributed by atoms with Crippen molar-refractivity contribution in [1.82, 2.24) is 25.3 Å². The Kier molecular flexibility index (Phi) is 35.6. The number of hydrogen-bond acceptors (Lipinski definition) is 23. The third kappa shape index (κ3) is 25.8. The Labute approximate surface area is 690 Å². The molecule has 4 atom stereocenters. The third-order valence-corrected chi connectivity index (χ3v) is 21.5. The van der Waals surface area contributed by atoms with Crippen LogP contribution in [0.25, 0.3) is 21.5 Å². The van der Waals surface area contributed by atoms with Gasteiger partial charge >= 0.3 is 26.0 Å². The highest BCUT2D eigenvalue weighted by Crippen LogP contribution is 2.51. The number of primary amides is 2. The average Bonchev–Trinajstić information content (AvgIpc) is 1.61. The molecule has 0 fully saturated rings. The van der Waals surface area contributed by atoms with Crippen molar-refractivity contribution in [3.05, 3.63) is 136 Å². The minimum absolute atomic E-state index is 0.00367. The van der Waals surface area contributed by atoms with E-state index in [-0.39, 0.29) is 175 Å². The van der Waals surface area contributed by atoms with Crippen LogP contribution in [0.4, 0.5) is 31.4 Å². The maximum atomic E-state index is 14.9. The molecule has 11 amide bonds. The van der Waals surface area contributed by atoms with Crippen LogP contribution in [0.3, 0.4) is 0 Å². The second-order valence-electron chi connectivity index (χ2n) is 27.5. The number of amides is 11. The van der Waals surface area contributed by atoms with E-state index in [0.29, 0.717) is 103 Å². The van der Waals surface area contributed by atoms with Crippen molar-refractivity contribution in [2.24, 2.45) is 17.4 Å². The molecule has 8 N–H and O–H groups in total. The number of methoxy groups -OCH3 is 2. The van der Waals surface area contributed by atoms with Crippen molar-refractivity contribution in [3.63, 3.8) is 0 Å². The number of nitrogens with two attached hydrogens (primary N) is 2. The number of hydrogen-bond donors (Lipinski definition) is 6. The van der Waals surface area contributed by atoms with Gasteiger partial charge in [-0.25, -0.2) is 18.9 Å². The predicted molar refractivity (Wildman–Crippen MR) is 434 cm³/mol. The second-order valence-corrected chi connectivity index (χ2v) is 30.4. The van der Waals surface area contributed by atoms with Crippen LogP contribution in [0.5, 0.6) is 11.5 Å². The van der Waals surface area contributed by atoms with Crippen molar-refractivity contribution in [2.75, 3.05) is 186 Å². The number of imide groups is 1. The summed E-state index contributed by atoms with van der Waals surface area (Å²) in [5.41, 5.74) is 14.7. The zero-order valence-electron chi connectivity index (χ0n) is 65.4. The van der Waals surface area contributed by atoms with E-state index in [1.165, 1.54) is 63.0 Å². The molecule has 1 aromatic heterocycles. The zero-order chi connectivity index (χ0) is 84.1. The Balaban J connectivity index is 0.711. The summed E-state index contributed by atoms with van der Waals surface area (Å²) in [5.74, 6) is -4.42. The highest BCUT2D eigenvalue weighted by atomic mass is 35.5. The first-order valence-corrected chi connectivity index (χ1v) is 41.4. The molecule has 9 rings (SSSR count). The van der Waals surface area contributed by atoms with Gasteiger partial charge in [-0.05, 0) is 70.5 Å². The van der Waals surface area contributed by atoms with Crippen LogP contribution in [0.1, 0.15) is 81.0 Å². The van der Waals surface area contributed by atoms with E-state index in [1.54, 1.807) is 86.6 Å². The molecule has 0 radical (unpaired) electrons. The number of ether oxygens (including phenoxy) is 10. The number of urea groups is 1. The zero-order valence-corrected chi connectivity index (χ0v) is 68.6. The average molecular weight is 1710 g/mol. The van der Waals surface area contributed by atoms with Crippen molar-refractivity contribution >= 4 is 141 Å². The van der Waals surface area contributed by atoms with E-state index in [2.05, 4.69) is 10.6 Å². The summed E-state index contributed by atoms with van der Waals surface area (Å²) < 4.78 is 72.9. The molecule has 117 heavy (non-hydrogen) atoms. The number of phosphoric acid groups is 1. The van der Waals surface area contributed by atoms with Gasteiger partial charge in [-0.1, -0.05) is 74.5 Å². The Hall–Kier alpha value is -9.43. The summed E-state index contributed by atoms with van der Waals surface area (Å²) >= 11 is 14.1. The van der Waals surface area contributed by atoms with Gasteiger partial charge in [0.05, 0.1) is 120 Å². The first-order valence-electron chi connectivity index (χ1n) is 38.0. The van der Waals surface area contributed by atoms with Crippen LogP contribution in [-0.4, -0.2) is 267 Å². The number of rotatable bonds is 49. The number of alkyl halides is 2. The number of carbonyl (C=O) groups is 10. The number of phosphoric ester groups is 1. The normalized spacial score (nSPS) is 14.9. The summed E-state index contributed by atoms with van der Waals surface area (Å²) in [7, 11) is -2.09. The highest BCUT2D eigenvalue weighted by molar-refractivity contribution is 7.46. The molecule has 5 aromatic carbocycles. The first kappa shape index (κ1) is 91.5. The van der Waals surface area contributed by atoms with E-state index < -0.39 is 73.6 Å². The van der Waals surface area contributed by atoms with Gasteiger partial charge < -0.3 is 93.6 Å². The smallest absolute Gasteiger partial charge is 0.445 e. The number of fused-ring (bicyclic) bond motifs is 6. The molecule has 0 bridgehead atoms. The van der Waals surface area contributed by atoms with Gasteiger partial charge in [0.2, 0.25) is 17.7 Å². The molecule has 34 nitrogen and oxygen atoms in total. The van der Waals surface area contributed by atoms with Gasteiger partial charge in [-0.2, -0.15) is 0 Å². The summed E-state index contributed by atoms with van der Waals surface area (Å²) in [4.78, 5) is 161. The Morgan fingerprint density at radius 1 is 0.590 bits per heavy atom. The standard InChI is InChI=1S/C79H99Cl2N10O24PS/c1-51(2)72(85-67(92)23-30-107-34-36-109-38-40-111-42-43-112-41-39-110-37-35-108-33-29-89-68(93)21-22-69(89)94)74(96)84-60(73(82)95)14-9-24-88(77(83)99)55-17-15-52(16-18-55)50-113-78(100)86(27-31-105-3)25-26-87(28-32-106-4)79(101)114-63-44-61-70(58-12-7-5-10-56(58)63)53(46-80)48-90(61)75(97)65-19-20-66(117-65)76(98)91-49-54(47-81)71-59-13-8-6-11-57(59)64(45-62(71)91)115-116(102,103)104/h5-8,10-13,15-22,44-45,51,53-54,60,72H,9,14,23-43,46-50H2,1-4H3,(H2,82,95)(H2,83,99)(H,84,96)(H,85,92)(H2,102,103,104)/t53-,54-,60+,72+/m1/s1. The molecule has 0 unspecified atom stereocenters. The molecule has 6 aromatic rings. The van der Waals surface area contributed by atoms with Crippen molar-refractivity contribution in [1.29, 1.82) is 0 Å². The number of anilines is 3. The quantitative estimate of drug-likeness (QED) is 0.00936. The van der Waals surface area contributed by atoms with Gasteiger partial charge in [-0.3, -0.25) is 53.1 Å². The molecule has 4 heterocycles. The van der Waals surface area contributed by atoms with E-state index in [4.69, 9.17) is 86.6 Å².